The van der Waals surface area contributed by atoms with E-state index >= 15 is 0 Å². The number of hydrogen-bond donors (Lipinski definition) is 2. The largest absolute Gasteiger partial charge is 0.491 e. The Kier molecular flexibility index (Phi) is 4.77. The highest BCUT2D eigenvalue weighted by Crippen LogP contribution is 2.25. The first kappa shape index (κ1) is 15.7. The number of carbonyl (C=O) groups is 1. The molecule has 3 N–H and O–H groups in total. The summed E-state index contributed by atoms with van der Waals surface area (Å²) in [5, 5.41) is 3.23. The van der Waals surface area contributed by atoms with Gasteiger partial charge in [-0.25, -0.2) is 8.78 Å². The van der Waals surface area contributed by atoms with Crippen LogP contribution in [-0.4, -0.2) is 24.1 Å². The van der Waals surface area contributed by atoms with Crippen molar-refractivity contribution >= 4 is 5.91 Å². The zero-order valence-corrected chi connectivity index (χ0v) is 12.0. The maximum absolute atomic E-state index is 13.4. The smallest absolute Gasteiger partial charge is 0.237 e. The van der Waals surface area contributed by atoms with Crippen molar-refractivity contribution in [3.05, 3.63) is 29.8 Å². The van der Waals surface area contributed by atoms with Crippen molar-refractivity contribution in [2.75, 3.05) is 6.61 Å². The zero-order valence-electron chi connectivity index (χ0n) is 12.0. The summed E-state index contributed by atoms with van der Waals surface area (Å²) in [5.41, 5.74) is 4.67. The van der Waals surface area contributed by atoms with Crippen LogP contribution in [0.1, 0.15) is 32.6 Å². The molecule has 0 heterocycles. The van der Waals surface area contributed by atoms with Crippen LogP contribution in [0.4, 0.5) is 8.78 Å². The summed E-state index contributed by atoms with van der Waals surface area (Å²) in [4.78, 5) is 11.6. The van der Waals surface area contributed by atoms with Gasteiger partial charge in [0.1, 0.15) is 5.82 Å². The van der Waals surface area contributed by atoms with Crippen LogP contribution in [0.15, 0.2) is 18.2 Å². The Morgan fingerprint density at radius 3 is 2.76 bits per heavy atom. The number of carbonyl (C=O) groups excluding carboxylic acids is 1. The maximum Gasteiger partial charge on any atom is 0.237 e. The van der Waals surface area contributed by atoms with Crippen LogP contribution in [0.5, 0.6) is 5.75 Å². The molecule has 6 heteroatoms. The Labute approximate surface area is 122 Å². The van der Waals surface area contributed by atoms with E-state index in [1.165, 1.54) is 6.07 Å². The Balaban J connectivity index is 1.80. The van der Waals surface area contributed by atoms with Gasteiger partial charge in [0.25, 0.3) is 0 Å². The highest BCUT2D eigenvalue weighted by Gasteiger charge is 2.36. The predicted octanol–water partition coefficient (Wildman–Crippen LogP) is 2.12. The fourth-order valence-corrected chi connectivity index (χ4v) is 2.14. The molecule has 1 unspecified atom stereocenters. The average molecular weight is 298 g/mol. The van der Waals surface area contributed by atoms with E-state index in [9.17, 15) is 13.6 Å². The van der Waals surface area contributed by atoms with Crippen LogP contribution in [0, 0.1) is 11.6 Å². The number of benzene rings is 1. The van der Waals surface area contributed by atoms with Crippen LogP contribution in [-0.2, 0) is 4.79 Å². The topological polar surface area (TPSA) is 64.3 Å². The van der Waals surface area contributed by atoms with Gasteiger partial charge in [-0.3, -0.25) is 4.79 Å². The predicted molar refractivity (Wildman–Crippen MR) is 74.8 cm³/mol. The summed E-state index contributed by atoms with van der Waals surface area (Å²) in [7, 11) is 0. The first-order valence-corrected chi connectivity index (χ1v) is 7.06. The lowest BCUT2D eigenvalue weighted by atomic mass is 9.95. The first-order valence-electron chi connectivity index (χ1n) is 7.06. The fourth-order valence-electron chi connectivity index (χ4n) is 2.14. The monoisotopic (exact) mass is 298 g/mol. The normalized spacial score (nSPS) is 17.3. The molecule has 1 aliphatic carbocycles. The first-order chi connectivity index (χ1) is 9.90. The molecule has 1 amide bonds. The molecule has 0 aromatic heterocycles. The van der Waals surface area contributed by atoms with Crippen LogP contribution >= 0.6 is 0 Å². The van der Waals surface area contributed by atoms with E-state index in [1.807, 2.05) is 0 Å². The summed E-state index contributed by atoms with van der Waals surface area (Å²) in [6, 6.07) is 3.52. The molecule has 0 saturated heterocycles. The minimum absolute atomic E-state index is 0.00679. The van der Waals surface area contributed by atoms with Gasteiger partial charge in [0, 0.05) is 12.1 Å². The lowest BCUT2D eigenvalue weighted by molar-refractivity contribution is -0.124. The van der Waals surface area contributed by atoms with Gasteiger partial charge < -0.3 is 15.8 Å². The number of nitrogens with two attached hydrogens (primary N) is 1. The molecular weight excluding hydrogens is 278 g/mol. The van der Waals surface area contributed by atoms with Gasteiger partial charge in [0.2, 0.25) is 5.91 Å². The fraction of sp³-hybridized carbons (Fsp3) is 0.533. The number of amides is 1. The van der Waals surface area contributed by atoms with Crippen molar-refractivity contribution in [2.45, 2.75) is 44.2 Å². The molecule has 4 nitrogen and oxygen atoms in total. The molecule has 1 saturated carbocycles. The van der Waals surface area contributed by atoms with Gasteiger partial charge in [0.15, 0.2) is 11.6 Å². The van der Waals surface area contributed by atoms with E-state index < -0.39 is 23.1 Å². The molecular formula is C15H20F2N2O2. The average Bonchev–Trinajstić information content (AvgIpc) is 3.20. The molecule has 0 spiro atoms. The summed E-state index contributed by atoms with van der Waals surface area (Å²) < 4.78 is 31.4. The number of ether oxygens (including phenoxy) is 1. The number of rotatable bonds is 8. The summed E-state index contributed by atoms with van der Waals surface area (Å²) in [6.07, 6.45) is 3.15. The third kappa shape index (κ3) is 4.39. The van der Waals surface area contributed by atoms with Crippen molar-refractivity contribution < 1.29 is 18.3 Å². The molecule has 0 bridgehead atoms. The standard InChI is InChI=1S/C15H20F2N2O2/c1-15(14(18)20,19-11-4-5-11)7-2-8-21-13-6-3-10(16)9-12(13)17/h3,6,9,11,19H,2,4-5,7-8H2,1H3,(H2,18,20). The lowest BCUT2D eigenvalue weighted by Gasteiger charge is -2.27. The minimum Gasteiger partial charge on any atom is -0.491 e. The Hall–Kier alpha value is -1.69. The number of halogens is 2. The molecule has 21 heavy (non-hydrogen) atoms. The second kappa shape index (κ2) is 6.39. The molecule has 1 fully saturated rings. The van der Waals surface area contributed by atoms with Gasteiger partial charge in [0.05, 0.1) is 12.1 Å². The molecule has 1 atom stereocenters. The van der Waals surface area contributed by atoms with E-state index in [4.69, 9.17) is 10.5 Å². The number of nitrogens with one attached hydrogen (secondary N) is 1. The van der Waals surface area contributed by atoms with Crippen molar-refractivity contribution in [1.29, 1.82) is 0 Å². The third-order valence-corrected chi connectivity index (χ3v) is 3.62. The SMILES string of the molecule is CC(CCCOc1ccc(F)cc1F)(NC1CC1)C(N)=O. The van der Waals surface area contributed by atoms with Crippen molar-refractivity contribution in [3.63, 3.8) is 0 Å². The van der Waals surface area contributed by atoms with Crippen LogP contribution in [0.25, 0.3) is 0 Å². The minimum atomic E-state index is -0.772. The highest BCUT2D eigenvalue weighted by molar-refractivity contribution is 5.84. The summed E-state index contributed by atoms with van der Waals surface area (Å²) in [5.74, 6) is -1.77. The van der Waals surface area contributed by atoms with Gasteiger partial charge in [-0.2, -0.15) is 0 Å². The van der Waals surface area contributed by atoms with E-state index in [0.717, 1.165) is 25.0 Å². The molecule has 2 rings (SSSR count). The second-order valence-corrected chi connectivity index (χ2v) is 5.64. The molecule has 0 radical (unpaired) electrons. The summed E-state index contributed by atoms with van der Waals surface area (Å²) in [6.45, 7) is 2.00. The van der Waals surface area contributed by atoms with Gasteiger partial charge in [-0.1, -0.05) is 0 Å². The Bertz CT molecular complexity index is 520. The van der Waals surface area contributed by atoms with Crippen LogP contribution in [0.3, 0.4) is 0 Å². The third-order valence-electron chi connectivity index (χ3n) is 3.62. The zero-order chi connectivity index (χ0) is 15.5. The Morgan fingerprint density at radius 2 is 2.19 bits per heavy atom. The molecule has 0 aliphatic heterocycles. The van der Waals surface area contributed by atoms with E-state index in [0.29, 0.717) is 18.9 Å². The van der Waals surface area contributed by atoms with Crippen LogP contribution < -0.4 is 15.8 Å². The van der Waals surface area contributed by atoms with Crippen molar-refractivity contribution in [3.8, 4) is 5.75 Å². The number of primary amides is 1. The molecule has 1 aromatic rings. The van der Waals surface area contributed by atoms with Crippen molar-refractivity contribution in [1.82, 2.24) is 5.32 Å². The maximum atomic E-state index is 13.4. The summed E-state index contributed by atoms with van der Waals surface area (Å²) >= 11 is 0. The van der Waals surface area contributed by atoms with Crippen LogP contribution in [0.2, 0.25) is 0 Å². The van der Waals surface area contributed by atoms with E-state index in [2.05, 4.69) is 5.32 Å². The van der Waals surface area contributed by atoms with Crippen molar-refractivity contribution in [2.24, 2.45) is 5.73 Å². The van der Waals surface area contributed by atoms with E-state index in [-0.39, 0.29) is 12.4 Å². The van der Waals surface area contributed by atoms with E-state index in [1.54, 1.807) is 6.92 Å². The molecule has 1 aromatic carbocycles. The Morgan fingerprint density at radius 1 is 1.48 bits per heavy atom. The highest BCUT2D eigenvalue weighted by atomic mass is 19.1. The second-order valence-electron chi connectivity index (χ2n) is 5.64. The lowest BCUT2D eigenvalue weighted by Crippen LogP contribution is -2.54. The quantitative estimate of drug-likeness (QED) is 0.723. The molecule has 116 valence electrons. The van der Waals surface area contributed by atoms with Gasteiger partial charge in [-0.05, 0) is 44.7 Å². The van der Waals surface area contributed by atoms with Gasteiger partial charge in [-0.15, -0.1) is 0 Å². The number of hydrogen-bond acceptors (Lipinski definition) is 3. The molecule has 1 aliphatic rings. The van der Waals surface area contributed by atoms with Gasteiger partial charge >= 0.3 is 0 Å².